The summed E-state index contributed by atoms with van der Waals surface area (Å²) < 4.78 is 0. The van der Waals surface area contributed by atoms with Gasteiger partial charge in [-0.05, 0) is 31.5 Å². The summed E-state index contributed by atoms with van der Waals surface area (Å²) in [7, 11) is 0. The van der Waals surface area contributed by atoms with Crippen LogP contribution in [0.3, 0.4) is 0 Å². The fraction of sp³-hybridized carbons (Fsp3) is 0.267. The molecule has 104 valence electrons. The second-order valence-corrected chi connectivity index (χ2v) is 4.61. The average molecular weight is 289 g/mol. The molecule has 0 aliphatic rings. The molecule has 2 rings (SSSR count). The molecule has 2 aromatic rings. The summed E-state index contributed by atoms with van der Waals surface area (Å²) >= 11 is 5.78. The summed E-state index contributed by atoms with van der Waals surface area (Å²) in [4.78, 5) is 14.4. The van der Waals surface area contributed by atoms with E-state index in [0.29, 0.717) is 11.0 Å². The lowest BCUT2D eigenvalue weighted by Gasteiger charge is -2.20. The second-order valence-electron chi connectivity index (χ2n) is 4.22. The van der Waals surface area contributed by atoms with Crippen LogP contribution in [0.2, 0.25) is 5.15 Å². The number of anilines is 1. The van der Waals surface area contributed by atoms with Crippen LogP contribution in [-0.2, 0) is 0 Å². The minimum Gasteiger partial charge on any atom is -0.372 e. The lowest BCUT2D eigenvalue weighted by atomic mass is 10.2. The van der Waals surface area contributed by atoms with Gasteiger partial charge in [0.1, 0.15) is 11.5 Å². The van der Waals surface area contributed by atoms with E-state index in [0.717, 1.165) is 18.7 Å². The van der Waals surface area contributed by atoms with E-state index in [1.807, 2.05) is 12.1 Å². The molecule has 4 nitrogen and oxygen atoms in total. The van der Waals surface area contributed by atoms with Crippen LogP contribution < -0.4 is 4.90 Å². The van der Waals surface area contributed by atoms with Crippen LogP contribution >= 0.6 is 11.6 Å². The molecule has 1 heterocycles. The largest absolute Gasteiger partial charge is 0.372 e. The maximum Gasteiger partial charge on any atom is 0.156 e. The molecule has 0 spiro atoms. The summed E-state index contributed by atoms with van der Waals surface area (Å²) in [5, 5.41) is 0.393. The number of aliphatic imine (C=N–C) groups is 1. The Hall–Kier alpha value is -1.94. The third-order valence-electron chi connectivity index (χ3n) is 2.99. The van der Waals surface area contributed by atoms with Gasteiger partial charge in [-0.15, -0.1) is 0 Å². The molecule has 20 heavy (non-hydrogen) atoms. The van der Waals surface area contributed by atoms with Gasteiger partial charge < -0.3 is 4.90 Å². The van der Waals surface area contributed by atoms with E-state index in [-0.39, 0.29) is 0 Å². The first-order chi connectivity index (χ1) is 9.72. The lowest BCUT2D eigenvalue weighted by Crippen LogP contribution is -2.21. The first-order valence-electron chi connectivity index (χ1n) is 6.59. The molecule has 0 radical (unpaired) electrons. The number of hydrogen-bond donors (Lipinski definition) is 0. The number of aromatic nitrogens is 2. The number of nitrogens with zero attached hydrogens (tertiary/aromatic N) is 4. The third kappa shape index (κ3) is 3.78. The van der Waals surface area contributed by atoms with Crippen molar-refractivity contribution in [2.24, 2.45) is 4.99 Å². The second kappa shape index (κ2) is 7.01. The molecule has 5 heteroatoms. The number of rotatable bonds is 5. The molecule has 0 N–H and O–H groups in total. The Labute approximate surface area is 124 Å². The quantitative estimate of drug-likeness (QED) is 0.622. The number of halogens is 1. The maximum atomic E-state index is 5.78. The fourth-order valence-electron chi connectivity index (χ4n) is 1.90. The Morgan fingerprint density at radius 3 is 2.45 bits per heavy atom. The zero-order valence-corrected chi connectivity index (χ0v) is 12.4. The molecule has 1 aromatic heterocycles. The van der Waals surface area contributed by atoms with E-state index in [4.69, 9.17) is 11.6 Å². The van der Waals surface area contributed by atoms with Gasteiger partial charge in [0.05, 0.1) is 0 Å². The van der Waals surface area contributed by atoms with E-state index in [1.165, 1.54) is 12.0 Å². The van der Waals surface area contributed by atoms with Crippen molar-refractivity contribution < 1.29 is 0 Å². The van der Waals surface area contributed by atoms with Gasteiger partial charge in [-0.3, -0.25) is 0 Å². The number of hydrogen-bond acceptors (Lipinski definition) is 4. The highest BCUT2D eigenvalue weighted by atomic mass is 35.5. The van der Waals surface area contributed by atoms with Crippen molar-refractivity contribution in [1.29, 1.82) is 0 Å². The normalized spacial score (nSPS) is 10.9. The van der Waals surface area contributed by atoms with Gasteiger partial charge in [0, 0.05) is 31.1 Å². The molecule has 0 aliphatic carbocycles. The standard InChI is InChI=1S/C15H17ClN4/c1-3-20(4-2)13-7-5-12(6-8-13)10-17-15-9-14(16)18-11-19-15/h5-11H,3-4H2,1-2H3/b17-10+. The summed E-state index contributed by atoms with van der Waals surface area (Å²) in [5.41, 5.74) is 2.24. The maximum absolute atomic E-state index is 5.78. The van der Waals surface area contributed by atoms with E-state index in [9.17, 15) is 0 Å². The van der Waals surface area contributed by atoms with Gasteiger partial charge in [0.15, 0.2) is 5.82 Å². The predicted octanol–water partition coefficient (Wildman–Crippen LogP) is 3.73. The van der Waals surface area contributed by atoms with Gasteiger partial charge in [-0.25, -0.2) is 15.0 Å². The van der Waals surface area contributed by atoms with Gasteiger partial charge >= 0.3 is 0 Å². The van der Waals surface area contributed by atoms with E-state index in [1.54, 1.807) is 12.3 Å². The minimum atomic E-state index is 0.393. The first kappa shape index (κ1) is 14.5. The van der Waals surface area contributed by atoms with Crippen LogP contribution in [0.15, 0.2) is 41.7 Å². The van der Waals surface area contributed by atoms with Crippen molar-refractivity contribution in [3.63, 3.8) is 0 Å². The minimum absolute atomic E-state index is 0.393. The summed E-state index contributed by atoms with van der Waals surface area (Å²) in [6, 6.07) is 9.91. The molecule has 0 aliphatic heterocycles. The molecule has 0 fully saturated rings. The first-order valence-corrected chi connectivity index (χ1v) is 6.97. The van der Waals surface area contributed by atoms with Crippen molar-refractivity contribution in [3.05, 3.63) is 47.4 Å². The average Bonchev–Trinajstić information content (AvgIpc) is 2.48. The fourth-order valence-corrected chi connectivity index (χ4v) is 2.04. The molecule has 1 aromatic carbocycles. The Balaban J connectivity index is 2.11. The Kier molecular flexibility index (Phi) is 5.07. The molecule has 0 unspecified atom stereocenters. The number of benzene rings is 1. The van der Waals surface area contributed by atoms with E-state index >= 15 is 0 Å². The highest BCUT2D eigenvalue weighted by molar-refractivity contribution is 6.29. The Morgan fingerprint density at radius 2 is 1.85 bits per heavy atom. The zero-order chi connectivity index (χ0) is 14.4. The molecule has 0 atom stereocenters. The smallest absolute Gasteiger partial charge is 0.156 e. The van der Waals surface area contributed by atoms with Crippen LogP contribution in [0.1, 0.15) is 19.4 Å². The topological polar surface area (TPSA) is 41.4 Å². The zero-order valence-electron chi connectivity index (χ0n) is 11.6. The molecule has 0 saturated carbocycles. The predicted molar refractivity (Wildman–Crippen MR) is 84.3 cm³/mol. The van der Waals surface area contributed by atoms with Crippen LogP contribution in [0.4, 0.5) is 11.5 Å². The van der Waals surface area contributed by atoms with Crippen molar-refractivity contribution in [2.75, 3.05) is 18.0 Å². The van der Waals surface area contributed by atoms with Gasteiger partial charge in [0.25, 0.3) is 0 Å². The van der Waals surface area contributed by atoms with Gasteiger partial charge in [-0.2, -0.15) is 0 Å². The van der Waals surface area contributed by atoms with Crippen molar-refractivity contribution >= 4 is 29.3 Å². The summed E-state index contributed by atoms with van der Waals surface area (Å²) in [6.07, 6.45) is 3.17. The van der Waals surface area contributed by atoms with Crippen molar-refractivity contribution in [2.45, 2.75) is 13.8 Å². The Morgan fingerprint density at radius 1 is 1.15 bits per heavy atom. The van der Waals surface area contributed by atoms with Crippen LogP contribution in [0, 0.1) is 0 Å². The van der Waals surface area contributed by atoms with Crippen LogP contribution in [-0.4, -0.2) is 29.3 Å². The highest BCUT2D eigenvalue weighted by Gasteiger charge is 2.00. The Bertz CT molecular complexity index is 577. The molecule has 0 saturated heterocycles. The van der Waals surface area contributed by atoms with E-state index in [2.05, 4.69) is 45.8 Å². The highest BCUT2D eigenvalue weighted by Crippen LogP contribution is 2.15. The van der Waals surface area contributed by atoms with E-state index < -0.39 is 0 Å². The lowest BCUT2D eigenvalue weighted by molar-refractivity contribution is 0.866. The van der Waals surface area contributed by atoms with Gasteiger partial charge in [0.2, 0.25) is 0 Å². The summed E-state index contributed by atoms with van der Waals surface area (Å²) in [5.74, 6) is 0.554. The van der Waals surface area contributed by atoms with Crippen LogP contribution in [0.5, 0.6) is 0 Å². The van der Waals surface area contributed by atoms with Crippen molar-refractivity contribution in [1.82, 2.24) is 9.97 Å². The SMILES string of the molecule is CCN(CC)c1ccc(/C=N/c2cc(Cl)ncn2)cc1. The molecule has 0 amide bonds. The monoisotopic (exact) mass is 288 g/mol. The molecular weight excluding hydrogens is 272 g/mol. The van der Waals surface area contributed by atoms with Gasteiger partial charge in [-0.1, -0.05) is 23.7 Å². The van der Waals surface area contributed by atoms with Crippen LogP contribution in [0.25, 0.3) is 0 Å². The van der Waals surface area contributed by atoms with Crippen molar-refractivity contribution in [3.8, 4) is 0 Å². The molecular formula is C15H17ClN4. The molecule has 0 bridgehead atoms. The summed E-state index contributed by atoms with van der Waals surface area (Å²) in [6.45, 7) is 6.31. The third-order valence-corrected chi connectivity index (χ3v) is 3.19.